The summed E-state index contributed by atoms with van der Waals surface area (Å²) < 4.78 is 6.93. The van der Waals surface area contributed by atoms with Crippen molar-refractivity contribution in [3.8, 4) is 5.75 Å². The van der Waals surface area contributed by atoms with Crippen LogP contribution in [-0.2, 0) is 6.42 Å². The quantitative estimate of drug-likeness (QED) is 0.906. The SMILES string of the molecule is NC(c1cc(Br)cc2c1OCC2)C1CC1c1ccccc1. The Kier molecular flexibility index (Phi) is 3.27. The summed E-state index contributed by atoms with van der Waals surface area (Å²) in [5, 5.41) is 0. The highest BCUT2D eigenvalue weighted by molar-refractivity contribution is 9.10. The number of rotatable bonds is 3. The molecule has 2 nitrogen and oxygen atoms in total. The molecule has 0 spiro atoms. The maximum absolute atomic E-state index is 6.57. The van der Waals surface area contributed by atoms with Crippen LogP contribution in [0.2, 0.25) is 0 Å². The highest BCUT2D eigenvalue weighted by atomic mass is 79.9. The summed E-state index contributed by atoms with van der Waals surface area (Å²) in [6.45, 7) is 0.776. The average molecular weight is 344 g/mol. The monoisotopic (exact) mass is 343 g/mol. The number of ether oxygens (including phenoxy) is 1. The lowest BCUT2D eigenvalue weighted by Crippen LogP contribution is -2.14. The lowest BCUT2D eigenvalue weighted by Gasteiger charge is -2.16. The molecule has 2 aromatic rings. The van der Waals surface area contributed by atoms with Crippen LogP contribution < -0.4 is 10.5 Å². The summed E-state index contributed by atoms with van der Waals surface area (Å²) in [6, 6.07) is 15.0. The third kappa shape index (κ3) is 2.39. The van der Waals surface area contributed by atoms with Crippen molar-refractivity contribution in [3.63, 3.8) is 0 Å². The molecule has 2 N–H and O–H groups in total. The van der Waals surface area contributed by atoms with Crippen LogP contribution in [0.5, 0.6) is 5.75 Å². The largest absolute Gasteiger partial charge is 0.493 e. The van der Waals surface area contributed by atoms with Gasteiger partial charge in [0.05, 0.1) is 6.61 Å². The van der Waals surface area contributed by atoms with Crippen LogP contribution in [-0.4, -0.2) is 6.61 Å². The molecule has 1 heterocycles. The van der Waals surface area contributed by atoms with Crippen LogP contribution in [0.3, 0.4) is 0 Å². The smallest absolute Gasteiger partial charge is 0.127 e. The molecule has 1 saturated carbocycles. The van der Waals surface area contributed by atoms with E-state index in [4.69, 9.17) is 10.5 Å². The molecule has 1 aliphatic heterocycles. The molecule has 0 bridgehead atoms. The topological polar surface area (TPSA) is 35.2 Å². The zero-order chi connectivity index (χ0) is 14.4. The molecule has 1 aliphatic carbocycles. The Hall–Kier alpha value is -1.32. The Bertz CT molecular complexity index is 670. The van der Waals surface area contributed by atoms with Gasteiger partial charge in [0.1, 0.15) is 5.75 Å². The minimum atomic E-state index is 0.0551. The van der Waals surface area contributed by atoms with Gasteiger partial charge in [-0.2, -0.15) is 0 Å². The lowest BCUT2D eigenvalue weighted by molar-refractivity contribution is 0.349. The Morgan fingerprint density at radius 3 is 2.81 bits per heavy atom. The molecule has 4 rings (SSSR count). The fourth-order valence-electron chi connectivity index (χ4n) is 3.47. The van der Waals surface area contributed by atoms with Crippen molar-refractivity contribution in [1.29, 1.82) is 0 Å². The first-order valence-electron chi connectivity index (χ1n) is 7.49. The molecule has 0 radical (unpaired) electrons. The van der Waals surface area contributed by atoms with Gasteiger partial charge in [-0.25, -0.2) is 0 Å². The van der Waals surface area contributed by atoms with Crippen molar-refractivity contribution in [3.05, 3.63) is 63.6 Å². The molecule has 3 unspecified atom stereocenters. The number of benzene rings is 2. The zero-order valence-electron chi connectivity index (χ0n) is 11.8. The van der Waals surface area contributed by atoms with Crippen LogP contribution in [0.4, 0.5) is 0 Å². The first kappa shape index (κ1) is 13.4. The molecule has 2 aliphatic rings. The number of nitrogens with two attached hydrogens (primary N) is 1. The summed E-state index contributed by atoms with van der Waals surface area (Å²) in [5.74, 6) is 2.15. The summed E-state index contributed by atoms with van der Waals surface area (Å²) in [6.07, 6.45) is 2.16. The second-order valence-electron chi connectivity index (χ2n) is 6.02. The molecule has 108 valence electrons. The van der Waals surface area contributed by atoms with Gasteiger partial charge in [-0.05, 0) is 41.5 Å². The van der Waals surface area contributed by atoms with Gasteiger partial charge in [-0.15, -0.1) is 0 Å². The van der Waals surface area contributed by atoms with E-state index in [1.54, 1.807) is 0 Å². The number of halogens is 1. The number of fused-ring (bicyclic) bond motifs is 1. The van der Waals surface area contributed by atoms with E-state index in [2.05, 4.69) is 58.4 Å². The fraction of sp³-hybridized carbons (Fsp3) is 0.333. The Morgan fingerprint density at radius 1 is 1.19 bits per heavy atom. The van der Waals surface area contributed by atoms with Gasteiger partial charge >= 0.3 is 0 Å². The van der Waals surface area contributed by atoms with Crippen LogP contribution in [0.15, 0.2) is 46.9 Å². The van der Waals surface area contributed by atoms with Crippen molar-refractivity contribution < 1.29 is 4.74 Å². The van der Waals surface area contributed by atoms with Crippen LogP contribution in [0.25, 0.3) is 0 Å². The maximum atomic E-state index is 6.57. The summed E-state index contributed by atoms with van der Waals surface area (Å²) in [5.41, 5.74) is 10.4. The average Bonchev–Trinajstić information content (AvgIpc) is 3.17. The molecule has 0 aromatic heterocycles. The minimum absolute atomic E-state index is 0.0551. The van der Waals surface area contributed by atoms with Crippen LogP contribution >= 0.6 is 15.9 Å². The van der Waals surface area contributed by atoms with Crippen molar-refractivity contribution in [2.75, 3.05) is 6.61 Å². The third-order valence-electron chi connectivity index (χ3n) is 4.67. The third-order valence-corrected chi connectivity index (χ3v) is 5.12. The van der Waals surface area contributed by atoms with E-state index in [9.17, 15) is 0 Å². The molecule has 0 saturated heterocycles. The number of hydrogen-bond donors (Lipinski definition) is 1. The highest BCUT2D eigenvalue weighted by Crippen LogP contribution is 2.54. The van der Waals surface area contributed by atoms with Gasteiger partial charge in [0.15, 0.2) is 0 Å². The molecular formula is C18H18BrNO. The summed E-state index contributed by atoms with van der Waals surface area (Å²) in [4.78, 5) is 0. The molecule has 3 atom stereocenters. The predicted molar refractivity (Wildman–Crippen MR) is 87.6 cm³/mol. The van der Waals surface area contributed by atoms with E-state index >= 15 is 0 Å². The lowest BCUT2D eigenvalue weighted by atomic mass is 9.97. The first-order valence-corrected chi connectivity index (χ1v) is 8.29. The van der Waals surface area contributed by atoms with E-state index in [0.29, 0.717) is 11.8 Å². The molecule has 0 amide bonds. The van der Waals surface area contributed by atoms with Crippen molar-refractivity contribution in [2.45, 2.75) is 24.8 Å². The molecule has 1 fully saturated rings. The second kappa shape index (κ2) is 5.15. The van der Waals surface area contributed by atoms with Crippen LogP contribution in [0.1, 0.15) is 35.1 Å². The standard InChI is InChI=1S/C18H18BrNO/c19-13-8-12-6-7-21-18(12)16(9-13)17(20)15-10-14(15)11-4-2-1-3-5-11/h1-5,8-9,14-15,17H,6-7,10,20H2. The zero-order valence-corrected chi connectivity index (χ0v) is 13.3. The molecule has 2 aromatic carbocycles. The van der Waals surface area contributed by atoms with Crippen molar-refractivity contribution >= 4 is 15.9 Å². The van der Waals surface area contributed by atoms with Crippen LogP contribution in [0, 0.1) is 5.92 Å². The van der Waals surface area contributed by atoms with Gasteiger partial charge in [-0.1, -0.05) is 46.3 Å². The van der Waals surface area contributed by atoms with Gasteiger partial charge in [0, 0.05) is 22.5 Å². The normalized spacial score (nSPS) is 24.3. The minimum Gasteiger partial charge on any atom is -0.493 e. The second-order valence-corrected chi connectivity index (χ2v) is 6.94. The number of hydrogen-bond acceptors (Lipinski definition) is 2. The van der Waals surface area contributed by atoms with Gasteiger partial charge < -0.3 is 10.5 Å². The van der Waals surface area contributed by atoms with E-state index in [0.717, 1.165) is 23.2 Å². The Morgan fingerprint density at radius 2 is 2.00 bits per heavy atom. The summed E-state index contributed by atoms with van der Waals surface area (Å²) in [7, 11) is 0. The van der Waals surface area contributed by atoms with E-state index in [-0.39, 0.29) is 6.04 Å². The van der Waals surface area contributed by atoms with E-state index in [1.165, 1.54) is 23.1 Å². The molecule has 3 heteroatoms. The van der Waals surface area contributed by atoms with Gasteiger partial charge in [0.2, 0.25) is 0 Å². The van der Waals surface area contributed by atoms with Crippen molar-refractivity contribution in [2.24, 2.45) is 11.7 Å². The molecular weight excluding hydrogens is 326 g/mol. The van der Waals surface area contributed by atoms with Gasteiger partial charge in [0.25, 0.3) is 0 Å². The van der Waals surface area contributed by atoms with E-state index in [1.807, 2.05) is 0 Å². The predicted octanol–water partition coefficient (Wildman–Crippen LogP) is 4.19. The van der Waals surface area contributed by atoms with Crippen molar-refractivity contribution in [1.82, 2.24) is 0 Å². The maximum Gasteiger partial charge on any atom is 0.127 e. The fourth-order valence-corrected chi connectivity index (χ4v) is 3.99. The highest BCUT2D eigenvalue weighted by Gasteiger charge is 2.44. The Balaban J connectivity index is 1.61. The molecule has 21 heavy (non-hydrogen) atoms. The summed E-state index contributed by atoms with van der Waals surface area (Å²) >= 11 is 3.60. The Labute approximate surface area is 133 Å². The first-order chi connectivity index (χ1) is 10.2. The van der Waals surface area contributed by atoms with Gasteiger partial charge in [-0.3, -0.25) is 0 Å². The van der Waals surface area contributed by atoms with E-state index < -0.39 is 0 Å².